The van der Waals surface area contributed by atoms with Crippen LogP contribution in [0, 0.1) is 0 Å². The van der Waals surface area contributed by atoms with Crippen molar-refractivity contribution >= 4 is 6.40 Å². The van der Waals surface area contributed by atoms with Crippen LogP contribution in [0.1, 0.15) is 0 Å². The molecule has 0 radical (unpaired) electrons. The van der Waals surface area contributed by atoms with Crippen LogP contribution in [0.15, 0.2) is 4.99 Å². The Bertz CT molecular complexity index is 119. The Hall–Kier alpha value is -0.610. The van der Waals surface area contributed by atoms with Crippen molar-refractivity contribution in [2.75, 3.05) is 19.8 Å². The lowest BCUT2D eigenvalue weighted by Gasteiger charge is -2.16. The molecule has 4 nitrogen and oxygen atoms in total. The molecule has 0 fully saturated rings. The zero-order chi connectivity index (χ0) is 6.74. The van der Waals surface area contributed by atoms with Gasteiger partial charge in [0.25, 0.3) is 0 Å². The highest BCUT2D eigenvalue weighted by Crippen LogP contribution is 2.13. The first kappa shape index (κ1) is 6.51. The van der Waals surface area contributed by atoms with E-state index in [9.17, 15) is 0 Å². The summed E-state index contributed by atoms with van der Waals surface area (Å²) >= 11 is 0. The Labute approximate surface area is 52.8 Å². The minimum Gasteiger partial charge on any atom is -0.481 e. The first-order valence-corrected chi connectivity index (χ1v) is 2.70. The van der Waals surface area contributed by atoms with Gasteiger partial charge in [0.15, 0.2) is 6.40 Å². The molecule has 0 aliphatic carbocycles. The van der Waals surface area contributed by atoms with Crippen molar-refractivity contribution in [3.8, 4) is 0 Å². The third-order valence-electron chi connectivity index (χ3n) is 1.34. The highest BCUT2D eigenvalue weighted by molar-refractivity contribution is 5.50. The summed E-state index contributed by atoms with van der Waals surface area (Å²) < 4.78 is 4.73. The highest BCUT2D eigenvalue weighted by Gasteiger charge is 2.31. The molecule has 0 aromatic rings. The molecule has 0 aromatic carbocycles. The maximum atomic E-state index is 8.66. The van der Waals surface area contributed by atoms with E-state index in [-0.39, 0.29) is 19.8 Å². The molecule has 0 unspecified atom stereocenters. The van der Waals surface area contributed by atoms with Crippen LogP contribution < -0.4 is 0 Å². The number of hydrogen-bond acceptors (Lipinski definition) is 4. The molecule has 1 rings (SSSR count). The summed E-state index contributed by atoms with van der Waals surface area (Å²) in [6.45, 7) is -0.0556. The van der Waals surface area contributed by atoms with Crippen molar-refractivity contribution in [3.05, 3.63) is 0 Å². The van der Waals surface area contributed by atoms with E-state index in [4.69, 9.17) is 14.9 Å². The summed E-state index contributed by atoms with van der Waals surface area (Å²) in [6, 6.07) is 0. The van der Waals surface area contributed by atoms with E-state index in [1.807, 2.05) is 0 Å². The predicted octanol–water partition coefficient (Wildman–Crippen LogP) is -1.23. The van der Waals surface area contributed by atoms with Crippen molar-refractivity contribution < 1.29 is 14.9 Å². The third kappa shape index (κ3) is 1.04. The van der Waals surface area contributed by atoms with Gasteiger partial charge in [-0.1, -0.05) is 0 Å². The molecule has 0 amide bonds. The van der Waals surface area contributed by atoms with E-state index in [0.717, 1.165) is 0 Å². The Morgan fingerprint density at radius 1 is 1.56 bits per heavy atom. The molecule has 2 N–H and O–H groups in total. The standard InChI is InChI=1S/C5H9NO3/c7-1-5(2-8)3-9-4-6-5/h4,7-8H,1-3H2. The maximum absolute atomic E-state index is 8.66. The lowest BCUT2D eigenvalue weighted by molar-refractivity contribution is 0.0984. The van der Waals surface area contributed by atoms with E-state index in [1.54, 1.807) is 0 Å². The number of aliphatic hydroxyl groups is 2. The second-order valence-corrected chi connectivity index (χ2v) is 2.09. The normalized spacial score (nSPS) is 22.0. The largest absolute Gasteiger partial charge is 0.481 e. The third-order valence-corrected chi connectivity index (χ3v) is 1.34. The van der Waals surface area contributed by atoms with Crippen molar-refractivity contribution in [3.63, 3.8) is 0 Å². The summed E-state index contributed by atoms with van der Waals surface area (Å²) in [6.07, 6.45) is 1.26. The summed E-state index contributed by atoms with van der Waals surface area (Å²) in [4.78, 5) is 3.76. The van der Waals surface area contributed by atoms with Gasteiger partial charge in [-0.25, -0.2) is 4.99 Å². The molecule has 0 atom stereocenters. The van der Waals surface area contributed by atoms with Crippen LogP contribution in [0.25, 0.3) is 0 Å². The summed E-state index contributed by atoms with van der Waals surface area (Å²) in [5.41, 5.74) is -0.764. The van der Waals surface area contributed by atoms with Crippen LogP contribution >= 0.6 is 0 Å². The molecule has 1 aliphatic heterocycles. The van der Waals surface area contributed by atoms with Crippen molar-refractivity contribution in [1.29, 1.82) is 0 Å². The van der Waals surface area contributed by atoms with Crippen molar-refractivity contribution in [2.24, 2.45) is 4.99 Å². The first-order valence-electron chi connectivity index (χ1n) is 2.70. The minimum absolute atomic E-state index is 0.167. The lowest BCUT2D eigenvalue weighted by Crippen LogP contribution is -2.36. The monoisotopic (exact) mass is 131 g/mol. The molecule has 0 saturated carbocycles. The van der Waals surface area contributed by atoms with E-state index in [2.05, 4.69) is 4.99 Å². The van der Waals surface area contributed by atoms with Crippen LogP contribution in [0.2, 0.25) is 0 Å². The van der Waals surface area contributed by atoms with Gasteiger partial charge < -0.3 is 14.9 Å². The van der Waals surface area contributed by atoms with Crippen LogP contribution in [0.5, 0.6) is 0 Å². The zero-order valence-electron chi connectivity index (χ0n) is 4.95. The van der Waals surface area contributed by atoms with Gasteiger partial charge in [0.05, 0.1) is 13.2 Å². The van der Waals surface area contributed by atoms with Crippen molar-refractivity contribution in [1.82, 2.24) is 0 Å². The Morgan fingerprint density at radius 2 is 2.22 bits per heavy atom. The fourth-order valence-electron chi connectivity index (χ4n) is 0.602. The second kappa shape index (κ2) is 2.33. The minimum atomic E-state index is -0.764. The average molecular weight is 131 g/mol. The van der Waals surface area contributed by atoms with Gasteiger partial charge in [0.2, 0.25) is 0 Å². The van der Waals surface area contributed by atoms with Gasteiger partial charge >= 0.3 is 0 Å². The molecule has 0 spiro atoms. The molecule has 0 aromatic heterocycles. The quantitative estimate of drug-likeness (QED) is 0.493. The molecular weight excluding hydrogens is 122 g/mol. The molecule has 0 saturated heterocycles. The molecular formula is C5H9NO3. The number of ether oxygens (including phenoxy) is 1. The molecule has 9 heavy (non-hydrogen) atoms. The number of rotatable bonds is 2. The molecule has 1 aliphatic rings. The summed E-state index contributed by atoms with van der Waals surface area (Å²) in [5.74, 6) is 0. The second-order valence-electron chi connectivity index (χ2n) is 2.09. The van der Waals surface area contributed by atoms with E-state index in [0.29, 0.717) is 0 Å². The number of aliphatic imine (C=N–C) groups is 1. The maximum Gasteiger partial charge on any atom is 0.170 e. The van der Waals surface area contributed by atoms with E-state index < -0.39 is 5.54 Å². The zero-order valence-corrected chi connectivity index (χ0v) is 4.95. The fourth-order valence-corrected chi connectivity index (χ4v) is 0.602. The number of hydrogen-bond donors (Lipinski definition) is 2. The van der Waals surface area contributed by atoms with Gasteiger partial charge in [-0.15, -0.1) is 0 Å². The van der Waals surface area contributed by atoms with Gasteiger partial charge in [0.1, 0.15) is 12.1 Å². The SMILES string of the molecule is OCC1(CO)COC=N1. The molecule has 1 heterocycles. The van der Waals surface area contributed by atoms with Crippen molar-refractivity contribution in [2.45, 2.75) is 5.54 Å². The molecule has 4 heteroatoms. The highest BCUT2D eigenvalue weighted by atomic mass is 16.5. The lowest BCUT2D eigenvalue weighted by atomic mass is 10.1. The Balaban J connectivity index is 2.57. The van der Waals surface area contributed by atoms with Gasteiger partial charge in [-0.05, 0) is 0 Å². The van der Waals surface area contributed by atoms with Crippen LogP contribution in [0.4, 0.5) is 0 Å². The van der Waals surface area contributed by atoms with Crippen LogP contribution in [-0.4, -0.2) is 42.0 Å². The smallest absolute Gasteiger partial charge is 0.170 e. The fraction of sp³-hybridized carbons (Fsp3) is 0.800. The van der Waals surface area contributed by atoms with Gasteiger partial charge in [-0.2, -0.15) is 0 Å². The number of nitrogens with zero attached hydrogens (tertiary/aromatic N) is 1. The summed E-state index contributed by atoms with van der Waals surface area (Å²) in [7, 11) is 0. The van der Waals surface area contributed by atoms with E-state index in [1.165, 1.54) is 6.40 Å². The van der Waals surface area contributed by atoms with Crippen LogP contribution in [0.3, 0.4) is 0 Å². The topological polar surface area (TPSA) is 62.0 Å². The number of aliphatic hydroxyl groups excluding tert-OH is 2. The predicted molar refractivity (Wildman–Crippen MR) is 31.3 cm³/mol. The molecule has 52 valence electrons. The van der Waals surface area contributed by atoms with Crippen LogP contribution in [-0.2, 0) is 4.74 Å². The van der Waals surface area contributed by atoms with Gasteiger partial charge in [-0.3, -0.25) is 0 Å². The Kier molecular flexibility index (Phi) is 1.68. The summed E-state index contributed by atoms with van der Waals surface area (Å²) in [5, 5.41) is 17.3. The van der Waals surface area contributed by atoms with Gasteiger partial charge in [0, 0.05) is 0 Å². The Morgan fingerprint density at radius 3 is 2.44 bits per heavy atom. The van der Waals surface area contributed by atoms with E-state index >= 15 is 0 Å². The molecule has 0 bridgehead atoms. The first-order chi connectivity index (χ1) is 4.33. The average Bonchev–Trinajstić information content (AvgIpc) is 2.36.